The largest absolute Gasteiger partial charge is 0.358 e. The maximum absolute atomic E-state index is 11.5. The summed E-state index contributed by atoms with van der Waals surface area (Å²) < 4.78 is 22.9. The topological polar surface area (TPSA) is 49.9 Å². The van der Waals surface area contributed by atoms with Crippen LogP contribution in [0.5, 0.6) is 0 Å². The van der Waals surface area contributed by atoms with Gasteiger partial charge in [0.2, 0.25) is 0 Å². The summed E-state index contributed by atoms with van der Waals surface area (Å²) in [5, 5.41) is 1.62. The van der Waals surface area contributed by atoms with Gasteiger partial charge in [-0.15, -0.1) is 0 Å². The minimum atomic E-state index is -2.99. The van der Waals surface area contributed by atoms with E-state index in [9.17, 15) is 8.42 Å². The van der Waals surface area contributed by atoms with Crippen LogP contribution < -0.4 is 0 Å². The van der Waals surface area contributed by atoms with Crippen LogP contribution in [-0.4, -0.2) is 19.2 Å². The molecule has 16 heavy (non-hydrogen) atoms. The first kappa shape index (κ1) is 11.5. The Morgan fingerprint density at radius 1 is 1.31 bits per heavy atom. The highest BCUT2D eigenvalue weighted by Crippen LogP contribution is 2.20. The van der Waals surface area contributed by atoms with Gasteiger partial charge >= 0.3 is 0 Å². The molecule has 1 heterocycles. The van der Waals surface area contributed by atoms with E-state index in [1.165, 1.54) is 0 Å². The molecule has 0 fully saturated rings. The van der Waals surface area contributed by atoms with E-state index in [4.69, 9.17) is 11.6 Å². The SMILES string of the molecule is CCS(=O)(=O)Cc1cc2ccc(Cl)cc2[nH]1. The van der Waals surface area contributed by atoms with E-state index in [0.717, 1.165) is 10.9 Å². The molecule has 0 bridgehead atoms. The molecule has 0 aliphatic heterocycles. The molecule has 0 unspecified atom stereocenters. The van der Waals surface area contributed by atoms with Gasteiger partial charge in [0.05, 0.1) is 5.75 Å². The van der Waals surface area contributed by atoms with E-state index in [1.54, 1.807) is 19.1 Å². The Morgan fingerprint density at radius 2 is 2.06 bits per heavy atom. The first-order valence-electron chi connectivity index (χ1n) is 4.98. The summed E-state index contributed by atoms with van der Waals surface area (Å²) in [6, 6.07) is 7.30. The van der Waals surface area contributed by atoms with Gasteiger partial charge in [-0.3, -0.25) is 0 Å². The predicted molar refractivity (Wildman–Crippen MR) is 66.5 cm³/mol. The van der Waals surface area contributed by atoms with Crippen molar-refractivity contribution in [2.75, 3.05) is 5.75 Å². The fourth-order valence-corrected chi connectivity index (χ4v) is 2.58. The van der Waals surface area contributed by atoms with Crippen LogP contribution in [0, 0.1) is 0 Å². The molecule has 0 aliphatic rings. The van der Waals surface area contributed by atoms with Crippen molar-refractivity contribution < 1.29 is 8.42 Å². The average Bonchev–Trinajstić information content (AvgIpc) is 2.58. The van der Waals surface area contributed by atoms with Crippen molar-refractivity contribution in [3.8, 4) is 0 Å². The third-order valence-corrected chi connectivity index (χ3v) is 4.32. The molecule has 0 aliphatic carbocycles. The van der Waals surface area contributed by atoms with Crippen LogP contribution in [-0.2, 0) is 15.6 Å². The number of aromatic nitrogens is 1. The Morgan fingerprint density at radius 3 is 2.75 bits per heavy atom. The third kappa shape index (κ3) is 2.39. The van der Waals surface area contributed by atoms with Crippen LogP contribution >= 0.6 is 11.6 Å². The van der Waals surface area contributed by atoms with Crippen LogP contribution in [0.1, 0.15) is 12.6 Å². The molecular formula is C11H12ClNO2S. The van der Waals surface area contributed by atoms with Crippen LogP contribution in [0.15, 0.2) is 24.3 Å². The molecule has 0 saturated heterocycles. The van der Waals surface area contributed by atoms with Gasteiger partial charge in [0.25, 0.3) is 0 Å². The number of H-pyrrole nitrogens is 1. The number of hydrogen-bond donors (Lipinski definition) is 1. The monoisotopic (exact) mass is 257 g/mol. The minimum absolute atomic E-state index is 0.0514. The van der Waals surface area contributed by atoms with Crippen LogP contribution in [0.25, 0.3) is 10.9 Å². The lowest BCUT2D eigenvalue weighted by atomic mass is 10.2. The molecule has 0 spiro atoms. The second-order valence-electron chi connectivity index (χ2n) is 3.70. The van der Waals surface area contributed by atoms with Crippen molar-refractivity contribution in [1.29, 1.82) is 0 Å². The first-order chi connectivity index (χ1) is 7.50. The van der Waals surface area contributed by atoms with Gasteiger partial charge in [0.1, 0.15) is 0 Å². The summed E-state index contributed by atoms with van der Waals surface area (Å²) in [7, 11) is -2.99. The molecule has 0 amide bonds. The Kier molecular flexibility index (Phi) is 2.95. The van der Waals surface area contributed by atoms with E-state index in [0.29, 0.717) is 10.7 Å². The summed E-state index contributed by atoms with van der Waals surface area (Å²) >= 11 is 5.85. The first-order valence-corrected chi connectivity index (χ1v) is 7.18. The summed E-state index contributed by atoms with van der Waals surface area (Å²) in [4.78, 5) is 3.06. The number of aromatic amines is 1. The number of fused-ring (bicyclic) bond motifs is 1. The fraction of sp³-hybridized carbons (Fsp3) is 0.273. The summed E-state index contributed by atoms with van der Waals surface area (Å²) in [5.74, 6) is 0.207. The molecule has 2 aromatic rings. The van der Waals surface area contributed by atoms with Crippen molar-refractivity contribution >= 4 is 32.3 Å². The van der Waals surface area contributed by atoms with Crippen molar-refractivity contribution in [1.82, 2.24) is 4.98 Å². The lowest BCUT2D eigenvalue weighted by Gasteiger charge is -1.97. The number of rotatable bonds is 3. The third-order valence-electron chi connectivity index (χ3n) is 2.46. The maximum Gasteiger partial charge on any atom is 0.155 e. The molecule has 1 aromatic carbocycles. The van der Waals surface area contributed by atoms with Crippen LogP contribution in [0.2, 0.25) is 5.02 Å². The van der Waals surface area contributed by atoms with Crippen LogP contribution in [0.4, 0.5) is 0 Å². The van der Waals surface area contributed by atoms with E-state index in [2.05, 4.69) is 4.98 Å². The molecule has 0 saturated carbocycles. The van der Waals surface area contributed by atoms with Gasteiger partial charge in [0, 0.05) is 22.0 Å². The molecule has 1 aromatic heterocycles. The highest BCUT2D eigenvalue weighted by Gasteiger charge is 2.11. The number of halogens is 1. The average molecular weight is 258 g/mol. The number of nitrogens with one attached hydrogen (secondary N) is 1. The Hall–Kier alpha value is -1.00. The molecule has 0 radical (unpaired) electrons. The zero-order valence-electron chi connectivity index (χ0n) is 8.83. The van der Waals surface area contributed by atoms with E-state index in [1.807, 2.05) is 12.1 Å². The lowest BCUT2D eigenvalue weighted by molar-refractivity contribution is 0.596. The van der Waals surface area contributed by atoms with Crippen molar-refractivity contribution in [2.24, 2.45) is 0 Å². The quantitative estimate of drug-likeness (QED) is 0.919. The van der Waals surface area contributed by atoms with E-state index < -0.39 is 9.84 Å². The van der Waals surface area contributed by atoms with Crippen LogP contribution in [0.3, 0.4) is 0 Å². The van der Waals surface area contributed by atoms with Gasteiger partial charge in [-0.25, -0.2) is 8.42 Å². The van der Waals surface area contributed by atoms with Gasteiger partial charge in [-0.1, -0.05) is 24.6 Å². The molecule has 5 heteroatoms. The predicted octanol–water partition coefficient (Wildman–Crippen LogP) is 2.76. The molecular weight excluding hydrogens is 246 g/mol. The van der Waals surface area contributed by atoms with Crippen molar-refractivity contribution in [3.05, 3.63) is 35.0 Å². The minimum Gasteiger partial charge on any atom is -0.358 e. The Balaban J connectivity index is 2.40. The lowest BCUT2D eigenvalue weighted by Crippen LogP contribution is -2.06. The van der Waals surface area contributed by atoms with Gasteiger partial charge in [-0.2, -0.15) is 0 Å². The molecule has 0 atom stereocenters. The van der Waals surface area contributed by atoms with Gasteiger partial charge < -0.3 is 4.98 Å². The van der Waals surface area contributed by atoms with Crippen molar-refractivity contribution in [3.63, 3.8) is 0 Å². The van der Waals surface area contributed by atoms with E-state index >= 15 is 0 Å². The van der Waals surface area contributed by atoms with Gasteiger partial charge in [0.15, 0.2) is 9.84 Å². The summed E-state index contributed by atoms with van der Waals surface area (Å²) in [6.45, 7) is 1.65. The molecule has 3 nitrogen and oxygen atoms in total. The zero-order valence-corrected chi connectivity index (χ0v) is 10.4. The van der Waals surface area contributed by atoms with Crippen molar-refractivity contribution in [2.45, 2.75) is 12.7 Å². The summed E-state index contributed by atoms with van der Waals surface area (Å²) in [6.07, 6.45) is 0. The molecule has 86 valence electrons. The second kappa shape index (κ2) is 4.11. The van der Waals surface area contributed by atoms with Gasteiger partial charge in [-0.05, 0) is 23.6 Å². The number of benzene rings is 1. The second-order valence-corrected chi connectivity index (χ2v) is 6.49. The molecule has 1 N–H and O–H groups in total. The number of hydrogen-bond acceptors (Lipinski definition) is 2. The number of sulfone groups is 1. The Labute approximate surface area is 99.3 Å². The normalized spacial score (nSPS) is 12.1. The fourth-order valence-electron chi connectivity index (χ4n) is 1.58. The summed E-state index contributed by atoms with van der Waals surface area (Å²) in [5.41, 5.74) is 1.58. The maximum atomic E-state index is 11.5. The molecule has 2 rings (SSSR count). The smallest absolute Gasteiger partial charge is 0.155 e. The van der Waals surface area contributed by atoms with E-state index in [-0.39, 0.29) is 11.5 Å². The zero-order chi connectivity index (χ0) is 11.8. The Bertz CT molecular complexity index is 616. The standard InChI is InChI=1S/C11H12ClNO2S/c1-2-16(14,15)7-10-5-8-3-4-9(12)6-11(8)13-10/h3-6,13H,2,7H2,1H3. The highest BCUT2D eigenvalue weighted by atomic mass is 35.5. The highest BCUT2D eigenvalue weighted by molar-refractivity contribution is 7.90.